The second-order valence-corrected chi connectivity index (χ2v) is 8.22. The Morgan fingerprint density at radius 2 is 2.00 bits per heavy atom. The van der Waals surface area contributed by atoms with Crippen molar-refractivity contribution in [3.05, 3.63) is 57.8 Å². The molecule has 1 heterocycles. The van der Waals surface area contributed by atoms with Gasteiger partial charge in [-0.3, -0.25) is 4.79 Å². The van der Waals surface area contributed by atoms with Gasteiger partial charge in [-0.1, -0.05) is 46.2 Å². The van der Waals surface area contributed by atoms with Crippen LogP contribution in [-0.4, -0.2) is 26.4 Å². The molecule has 0 atom stereocenters. The first-order valence-corrected chi connectivity index (χ1v) is 10.7. The van der Waals surface area contributed by atoms with Crippen molar-refractivity contribution in [2.75, 3.05) is 11.1 Å². The minimum Gasteiger partial charge on any atom is -0.323 e. The Bertz CT molecular complexity index is 981. The Labute approximate surface area is 179 Å². The Kier molecular flexibility index (Phi) is 7.09. The lowest BCUT2D eigenvalue weighted by atomic mass is 10.2. The maximum atomic E-state index is 13.9. The first-order chi connectivity index (χ1) is 13.5. The van der Waals surface area contributed by atoms with Crippen LogP contribution < -0.4 is 5.32 Å². The summed E-state index contributed by atoms with van der Waals surface area (Å²) < 4.78 is 16.5. The third-order valence-corrected chi connectivity index (χ3v) is 5.52. The molecule has 0 unspecified atom stereocenters. The van der Waals surface area contributed by atoms with Gasteiger partial charge in [0.15, 0.2) is 11.0 Å². The SMILES string of the molecule is CCCn1c(SCC(=O)Nc2ccc(Br)cc2F)nnc1-c1ccc(Cl)cc1. The zero-order valence-electron chi connectivity index (χ0n) is 15.0. The lowest BCUT2D eigenvalue weighted by molar-refractivity contribution is -0.113. The van der Waals surface area contributed by atoms with Gasteiger partial charge in [-0.15, -0.1) is 10.2 Å². The summed E-state index contributed by atoms with van der Waals surface area (Å²) in [5, 5.41) is 12.4. The highest BCUT2D eigenvalue weighted by Gasteiger charge is 2.16. The van der Waals surface area contributed by atoms with Gasteiger partial charge in [0.2, 0.25) is 5.91 Å². The molecule has 0 saturated carbocycles. The van der Waals surface area contributed by atoms with Gasteiger partial charge in [-0.2, -0.15) is 0 Å². The van der Waals surface area contributed by atoms with Crippen molar-refractivity contribution >= 4 is 50.9 Å². The molecule has 0 bridgehead atoms. The molecule has 0 spiro atoms. The summed E-state index contributed by atoms with van der Waals surface area (Å²) in [6, 6.07) is 11.9. The zero-order chi connectivity index (χ0) is 20.1. The summed E-state index contributed by atoms with van der Waals surface area (Å²) in [5.74, 6) is 0.00964. The fourth-order valence-electron chi connectivity index (χ4n) is 2.54. The molecule has 9 heteroatoms. The summed E-state index contributed by atoms with van der Waals surface area (Å²) in [5.41, 5.74) is 1.05. The van der Waals surface area contributed by atoms with Gasteiger partial charge in [0.1, 0.15) is 5.82 Å². The summed E-state index contributed by atoms with van der Waals surface area (Å²) in [6.45, 7) is 2.78. The van der Waals surface area contributed by atoms with E-state index in [0.717, 1.165) is 24.4 Å². The number of hydrogen-bond acceptors (Lipinski definition) is 4. The molecule has 3 rings (SSSR count). The van der Waals surface area contributed by atoms with E-state index in [1.807, 2.05) is 16.7 Å². The Morgan fingerprint density at radius 3 is 2.68 bits per heavy atom. The van der Waals surface area contributed by atoms with Crippen LogP contribution in [0, 0.1) is 5.82 Å². The van der Waals surface area contributed by atoms with E-state index < -0.39 is 5.82 Å². The van der Waals surface area contributed by atoms with Crippen molar-refractivity contribution in [3.8, 4) is 11.4 Å². The van der Waals surface area contributed by atoms with Crippen molar-refractivity contribution < 1.29 is 9.18 Å². The molecule has 1 amide bonds. The number of halogens is 3. The van der Waals surface area contributed by atoms with Gasteiger partial charge in [0.25, 0.3) is 0 Å². The number of hydrogen-bond donors (Lipinski definition) is 1. The highest BCUT2D eigenvalue weighted by atomic mass is 79.9. The number of benzene rings is 2. The van der Waals surface area contributed by atoms with Crippen molar-refractivity contribution in [2.24, 2.45) is 0 Å². The average Bonchev–Trinajstić information content (AvgIpc) is 3.06. The van der Waals surface area contributed by atoms with Crippen LogP contribution in [0.25, 0.3) is 11.4 Å². The number of nitrogens with one attached hydrogen (secondary N) is 1. The summed E-state index contributed by atoms with van der Waals surface area (Å²) in [7, 11) is 0. The number of anilines is 1. The van der Waals surface area contributed by atoms with Crippen LogP contribution in [0.2, 0.25) is 5.02 Å². The first-order valence-electron chi connectivity index (χ1n) is 8.54. The molecule has 2 aromatic carbocycles. The standard InChI is InChI=1S/C19H17BrClFN4OS/c1-2-9-26-18(12-3-6-14(21)7-4-12)24-25-19(26)28-11-17(27)23-16-8-5-13(20)10-15(16)22/h3-8,10H,2,9,11H2,1H3,(H,23,27). The van der Waals surface area contributed by atoms with Crippen LogP contribution in [0.4, 0.5) is 10.1 Å². The number of aromatic nitrogens is 3. The molecule has 0 fully saturated rings. The van der Waals surface area contributed by atoms with E-state index in [1.165, 1.54) is 23.9 Å². The first kappa shape index (κ1) is 20.8. The minimum atomic E-state index is -0.494. The van der Waals surface area contributed by atoms with Gasteiger partial charge in [-0.25, -0.2) is 4.39 Å². The van der Waals surface area contributed by atoms with E-state index in [4.69, 9.17) is 11.6 Å². The quantitative estimate of drug-likeness (QED) is 0.442. The lowest BCUT2D eigenvalue weighted by Gasteiger charge is -2.09. The molecule has 3 aromatic rings. The average molecular weight is 484 g/mol. The van der Waals surface area contributed by atoms with Crippen LogP contribution in [0.1, 0.15) is 13.3 Å². The van der Waals surface area contributed by atoms with Crippen LogP contribution in [0.3, 0.4) is 0 Å². The highest BCUT2D eigenvalue weighted by Crippen LogP contribution is 2.26. The maximum absolute atomic E-state index is 13.9. The number of rotatable bonds is 7. The molecule has 0 radical (unpaired) electrons. The summed E-state index contributed by atoms with van der Waals surface area (Å²) >= 11 is 10.4. The Balaban J connectivity index is 1.71. The molecule has 1 aromatic heterocycles. The predicted molar refractivity (Wildman–Crippen MR) is 114 cm³/mol. The summed E-state index contributed by atoms with van der Waals surface area (Å²) in [4.78, 5) is 12.2. The normalized spacial score (nSPS) is 10.9. The van der Waals surface area contributed by atoms with Crippen LogP contribution in [0.15, 0.2) is 52.1 Å². The molecule has 0 aliphatic carbocycles. The van der Waals surface area contributed by atoms with Crippen LogP contribution >= 0.6 is 39.3 Å². The van der Waals surface area contributed by atoms with Crippen molar-refractivity contribution in [1.29, 1.82) is 0 Å². The Hall–Kier alpha value is -1.90. The van der Waals surface area contributed by atoms with E-state index in [-0.39, 0.29) is 17.3 Å². The van der Waals surface area contributed by atoms with Crippen molar-refractivity contribution in [3.63, 3.8) is 0 Å². The van der Waals surface area contributed by atoms with Crippen molar-refractivity contribution in [2.45, 2.75) is 25.0 Å². The Morgan fingerprint density at radius 1 is 1.25 bits per heavy atom. The monoisotopic (exact) mass is 482 g/mol. The molecule has 0 aliphatic rings. The molecule has 0 aliphatic heterocycles. The van der Waals surface area contributed by atoms with Crippen LogP contribution in [0.5, 0.6) is 0 Å². The van der Waals surface area contributed by atoms with Gasteiger partial charge >= 0.3 is 0 Å². The van der Waals surface area contributed by atoms with E-state index in [1.54, 1.807) is 18.2 Å². The van der Waals surface area contributed by atoms with Gasteiger partial charge in [0, 0.05) is 21.6 Å². The summed E-state index contributed by atoms with van der Waals surface area (Å²) in [6.07, 6.45) is 0.891. The fraction of sp³-hybridized carbons (Fsp3) is 0.211. The second kappa shape index (κ2) is 9.54. The van der Waals surface area contributed by atoms with E-state index in [0.29, 0.717) is 14.7 Å². The number of carbonyl (C=O) groups excluding carboxylic acids is 1. The number of thioether (sulfide) groups is 1. The minimum absolute atomic E-state index is 0.0952. The maximum Gasteiger partial charge on any atom is 0.234 e. The molecule has 5 nitrogen and oxygen atoms in total. The third kappa shape index (κ3) is 5.12. The number of carbonyl (C=O) groups is 1. The van der Waals surface area contributed by atoms with E-state index >= 15 is 0 Å². The van der Waals surface area contributed by atoms with Crippen molar-refractivity contribution in [1.82, 2.24) is 14.8 Å². The number of nitrogens with zero attached hydrogens (tertiary/aromatic N) is 3. The van der Waals surface area contributed by atoms with Gasteiger partial charge in [-0.05, 0) is 48.9 Å². The largest absolute Gasteiger partial charge is 0.323 e. The molecular formula is C19H17BrClFN4OS. The predicted octanol–water partition coefficient (Wildman–Crippen LogP) is 5.64. The van der Waals surface area contributed by atoms with E-state index in [9.17, 15) is 9.18 Å². The van der Waals surface area contributed by atoms with E-state index in [2.05, 4.69) is 38.4 Å². The molecule has 28 heavy (non-hydrogen) atoms. The second-order valence-electron chi connectivity index (χ2n) is 5.93. The molecule has 1 N–H and O–H groups in total. The van der Waals surface area contributed by atoms with Crippen LogP contribution in [-0.2, 0) is 11.3 Å². The smallest absolute Gasteiger partial charge is 0.234 e. The lowest BCUT2D eigenvalue weighted by Crippen LogP contribution is -2.15. The highest BCUT2D eigenvalue weighted by molar-refractivity contribution is 9.10. The van der Waals surface area contributed by atoms with Gasteiger partial charge in [0.05, 0.1) is 11.4 Å². The number of amides is 1. The zero-order valence-corrected chi connectivity index (χ0v) is 18.1. The fourth-order valence-corrected chi connectivity index (χ4v) is 3.76. The third-order valence-electron chi connectivity index (χ3n) is 3.80. The van der Waals surface area contributed by atoms with Gasteiger partial charge < -0.3 is 9.88 Å². The topological polar surface area (TPSA) is 59.8 Å². The molecule has 0 saturated heterocycles. The molecular weight excluding hydrogens is 467 g/mol. The molecule has 146 valence electrons.